The molecule has 0 radical (unpaired) electrons. The first kappa shape index (κ1) is 13.3. The Morgan fingerprint density at radius 3 is 2.83 bits per heavy atom. The van der Waals surface area contributed by atoms with Crippen LogP contribution in [0.5, 0.6) is 0 Å². The Labute approximate surface area is 105 Å². The molecule has 0 aliphatic carbocycles. The van der Waals surface area contributed by atoms with Crippen LogP contribution in [-0.2, 0) is 10.0 Å². The van der Waals surface area contributed by atoms with Crippen LogP contribution in [-0.4, -0.2) is 42.5 Å². The lowest BCUT2D eigenvalue weighted by Gasteiger charge is -2.30. The Balaban J connectivity index is 2.25. The van der Waals surface area contributed by atoms with Crippen molar-refractivity contribution < 1.29 is 13.5 Å². The number of aliphatic hydroxyl groups excluding tert-OH is 1. The Morgan fingerprint density at radius 1 is 1.44 bits per heavy atom. The van der Waals surface area contributed by atoms with Gasteiger partial charge in [0, 0.05) is 32.0 Å². The summed E-state index contributed by atoms with van der Waals surface area (Å²) in [6, 6.07) is 2.50. The van der Waals surface area contributed by atoms with Crippen LogP contribution in [0.4, 0.5) is 0 Å². The molecule has 6 nitrogen and oxygen atoms in total. The van der Waals surface area contributed by atoms with Crippen LogP contribution in [0.3, 0.4) is 0 Å². The zero-order valence-corrected chi connectivity index (χ0v) is 10.7. The molecule has 1 aliphatic heterocycles. The van der Waals surface area contributed by atoms with E-state index < -0.39 is 10.0 Å². The van der Waals surface area contributed by atoms with Crippen molar-refractivity contribution in [3.05, 3.63) is 28.7 Å². The Morgan fingerprint density at radius 2 is 2.22 bits per heavy atom. The molecule has 1 aliphatic rings. The number of piperidine rings is 1. The van der Waals surface area contributed by atoms with E-state index in [0.717, 1.165) is 12.8 Å². The molecule has 0 saturated carbocycles. The van der Waals surface area contributed by atoms with E-state index in [0.29, 0.717) is 13.1 Å². The number of hydrogen-bond acceptors (Lipinski definition) is 4. The van der Waals surface area contributed by atoms with Gasteiger partial charge in [-0.05, 0) is 24.8 Å². The topological polar surface area (TPSA) is 90.5 Å². The zero-order chi connectivity index (χ0) is 13.2. The van der Waals surface area contributed by atoms with Gasteiger partial charge in [0.2, 0.25) is 15.6 Å². The second kappa shape index (κ2) is 5.21. The molecular weight excluding hydrogens is 256 g/mol. The molecule has 100 valence electrons. The zero-order valence-electron chi connectivity index (χ0n) is 9.87. The van der Waals surface area contributed by atoms with Gasteiger partial charge in [0.05, 0.1) is 4.90 Å². The highest BCUT2D eigenvalue weighted by Gasteiger charge is 2.29. The van der Waals surface area contributed by atoms with E-state index in [4.69, 9.17) is 5.11 Å². The number of aromatic nitrogens is 1. The third kappa shape index (κ3) is 2.63. The second-order valence-electron chi connectivity index (χ2n) is 4.44. The van der Waals surface area contributed by atoms with Gasteiger partial charge in [-0.15, -0.1) is 0 Å². The molecule has 1 atom stereocenters. The minimum absolute atomic E-state index is 0.00234. The fourth-order valence-electron chi connectivity index (χ4n) is 2.10. The predicted molar refractivity (Wildman–Crippen MR) is 65.6 cm³/mol. The highest BCUT2D eigenvalue weighted by molar-refractivity contribution is 7.89. The number of nitrogens with zero attached hydrogens (tertiary/aromatic N) is 1. The van der Waals surface area contributed by atoms with Gasteiger partial charge in [-0.2, -0.15) is 4.31 Å². The minimum Gasteiger partial charge on any atom is -0.396 e. The molecule has 1 fully saturated rings. The van der Waals surface area contributed by atoms with Crippen LogP contribution >= 0.6 is 0 Å². The van der Waals surface area contributed by atoms with E-state index >= 15 is 0 Å². The summed E-state index contributed by atoms with van der Waals surface area (Å²) in [5, 5.41) is 9.11. The van der Waals surface area contributed by atoms with E-state index in [-0.39, 0.29) is 23.0 Å². The fraction of sp³-hybridized carbons (Fsp3) is 0.545. The van der Waals surface area contributed by atoms with Crippen molar-refractivity contribution in [1.82, 2.24) is 9.29 Å². The molecule has 7 heteroatoms. The van der Waals surface area contributed by atoms with E-state index in [2.05, 4.69) is 4.98 Å². The van der Waals surface area contributed by atoms with Gasteiger partial charge in [0.25, 0.3) is 0 Å². The van der Waals surface area contributed by atoms with E-state index in [1.54, 1.807) is 0 Å². The van der Waals surface area contributed by atoms with Crippen molar-refractivity contribution in [2.75, 3.05) is 19.7 Å². The molecule has 1 unspecified atom stereocenters. The highest BCUT2D eigenvalue weighted by Crippen LogP contribution is 2.22. The van der Waals surface area contributed by atoms with Gasteiger partial charge >= 0.3 is 0 Å². The summed E-state index contributed by atoms with van der Waals surface area (Å²) < 4.78 is 25.9. The van der Waals surface area contributed by atoms with Crippen LogP contribution < -0.4 is 5.56 Å². The smallest absolute Gasteiger partial charge is 0.247 e. The first-order valence-corrected chi connectivity index (χ1v) is 7.28. The minimum atomic E-state index is -3.57. The van der Waals surface area contributed by atoms with Gasteiger partial charge in [0.1, 0.15) is 0 Å². The number of nitrogens with one attached hydrogen (secondary N) is 1. The maximum absolute atomic E-state index is 12.3. The average molecular weight is 272 g/mol. The molecular formula is C11H16N2O4S. The Kier molecular flexibility index (Phi) is 3.84. The highest BCUT2D eigenvalue weighted by atomic mass is 32.2. The molecule has 2 N–H and O–H groups in total. The molecule has 2 rings (SSSR count). The molecule has 2 heterocycles. The number of sulfonamides is 1. The second-order valence-corrected chi connectivity index (χ2v) is 6.38. The quantitative estimate of drug-likeness (QED) is 0.795. The van der Waals surface area contributed by atoms with Gasteiger partial charge in [0.15, 0.2) is 0 Å². The van der Waals surface area contributed by atoms with Crippen molar-refractivity contribution in [3.63, 3.8) is 0 Å². The summed E-state index contributed by atoms with van der Waals surface area (Å²) in [7, 11) is -3.57. The third-order valence-electron chi connectivity index (χ3n) is 3.13. The molecule has 1 aromatic heterocycles. The number of aliphatic hydroxyl groups is 1. The lowest BCUT2D eigenvalue weighted by molar-refractivity contribution is 0.165. The van der Waals surface area contributed by atoms with Gasteiger partial charge in [-0.3, -0.25) is 4.79 Å². The van der Waals surface area contributed by atoms with Gasteiger partial charge in [-0.25, -0.2) is 8.42 Å². The number of H-pyrrole nitrogens is 1. The average Bonchev–Trinajstić information content (AvgIpc) is 2.39. The third-order valence-corrected chi connectivity index (χ3v) is 4.99. The first-order valence-electron chi connectivity index (χ1n) is 5.84. The number of pyridine rings is 1. The van der Waals surface area contributed by atoms with Crippen molar-refractivity contribution in [3.8, 4) is 0 Å². The Hall–Kier alpha value is -1.18. The lowest BCUT2D eigenvalue weighted by atomic mass is 10.0. The standard InChI is InChI=1S/C11H16N2O4S/c14-8-9-2-1-5-13(7-9)18(16,17)10-3-4-11(15)12-6-10/h3-4,6,9,14H,1-2,5,7-8H2,(H,12,15). The summed E-state index contributed by atoms with van der Waals surface area (Å²) >= 11 is 0. The van der Waals surface area contributed by atoms with E-state index in [1.165, 1.54) is 22.6 Å². The summed E-state index contributed by atoms with van der Waals surface area (Å²) in [4.78, 5) is 13.4. The van der Waals surface area contributed by atoms with Crippen LogP contribution in [0.15, 0.2) is 28.0 Å². The summed E-state index contributed by atoms with van der Waals surface area (Å²) in [5.74, 6) is -0.00344. The Bertz CT molecular complexity index is 546. The molecule has 1 saturated heterocycles. The monoisotopic (exact) mass is 272 g/mol. The summed E-state index contributed by atoms with van der Waals surface area (Å²) in [6.07, 6.45) is 2.79. The van der Waals surface area contributed by atoms with Crippen molar-refractivity contribution in [2.45, 2.75) is 17.7 Å². The lowest BCUT2D eigenvalue weighted by Crippen LogP contribution is -2.41. The predicted octanol–water partition coefficient (Wildman–Crippen LogP) is -0.232. The van der Waals surface area contributed by atoms with Crippen molar-refractivity contribution in [2.24, 2.45) is 5.92 Å². The molecule has 0 aromatic carbocycles. The molecule has 18 heavy (non-hydrogen) atoms. The largest absolute Gasteiger partial charge is 0.396 e. The first-order chi connectivity index (χ1) is 8.54. The number of rotatable bonds is 3. The number of hydrogen-bond donors (Lipinski definition) is 2. The summed E-state index contributed by atoms with van der Waals surface area (Å²) in [6.45, 7) is 0.785. The van der Waals surface area contributed by atoms with Crippen LogP contribution in [0.2, 0.25) is 0 Å². The van der Waals surface area contributed by atoms with Gasteiger partial charge < -0.3 is 10.1 Å². The van der Waals surface area contributed by atoms with Crippen LogP contribution in [0.1, 0.15) is 12.8 Å². The molecule has 1 aromatic rings. The fourth-order valence-corrected chi connectivity index (χ4v) is 3.62. The molecule has 0 bridgehead atoms. The summed E-state index contributed by atoms with van der Waals surface area (Å²) in [5.41, 5.74) is -0.333. The van der Waals surface area contributed by atoms with Crippen molar-refractivity contribution in [1.29, 1.82) is 0 Å². The maximum atomic E-state index is 12.3. The number of aromatic amines is 1. The van der Waals surface area contributed by atoms with Crippen LogP contribution in [0, 0.1) is 5.92 Å². The SMILES string of the molecule is O=c1ccc(S(=O)(=O)N2CCCC(CO)C2)c[nH]1. The normalized spacial score (nSPS) is 21.9. The van der Waals surface area contributed by atoms with Gasteiger partial charge in [-0.1, -0.05) is 0 Å². The van der Waals surface area contributed by atoms with E-state index in [9.17, 15) is 13.2 Å². The van der Waals surface area contributed by atoms with Crippen LogP contribution in [0.25, 0.3) is 0 Å². The molecule has 0 spiro atoms. The van der Waals surface area contributed by atoms with E-state index in [1.807, 2.05) is 0 Å². The molecule has 0 amide bonds. The maximum Gasteiger partial charge on any atom is 0.247 e. The van der Waals surface area contributed by atoms with Crippen molar-refractivity contribution >= 4 is 10.0 Å².